The fraction of sp³-hybridized carbons (Fsp3) is 0.261. The maximum absolute atomic E-state index is 11.5. The van der Waals surface area contributed by atoms with Crippen molar-refractivity contribution in [2.75, 3.05) is 5.32 Å². The standard InChI is InChI=1S/C23H22N6O2/c24-14-15-3-5-16(6-4-15)20-11-13-27-23(29-20)28-17-7-9-18(10-8-17)31-22-19(21(25)30)2-1-12-26-22/h1-6,11-13,17-18H,7-10H2,(H2,25,30)(H,27,28,29)/t17-,18-. The molecule has 0 spiro atoms. The van der Waals surface area contributed by atoms with Crippen molar-refractivity contribution in [3.8, 4) is 23.2 Å². The van der Waals surface area contributed by atoms with Gasteiger partial charge in [0.15, 0.2) is 0 Å². The normalized spacial score (nSPS) is 18.0. The molecule has 0 unspecified atom stereocenters. The zero-order valence-electron chi connectivity index (χ0n) is 16.9. The van der Waals surface area contributed by atoms with Gasteiger partial charge in [-0.3, -0.25) is 4.79 Å². The van der Waals surface area contributed by atoms with Gasteiger partial charge in [-0.05, 0) is 56.0 Å². The highest BCUT2D eigenvalue weighted by molar-refractivity contribution is 5.94. The number of pyridine rings is 1. The molecule has 4 rings (SSSR count). The van der Waals surface area contributed by atoms with Crippen LogP contribution >= 0.6 is 0 Å². The molecule has 31 heavy (non-hydrogen) atoms. The van der Waals surface area contributed by atoms with Crippen LogP contribution in [0.5, 0.6) is 5.88 Å². The maximum Gasteiger partial charge on any atom is 0.254 e. The average molecular weight is 414 g/mol. The van der Waals surface area contributed by atoms with Crippen molar-refractivity contribution in [3.05, 3.63) is 66.0 Å². The highest BCUT2D eigenvalue weighted by Crippen LogP contribution is 2.26. The Kier molecular flexibility index (Phi) is 6.03. The van der Waals surface area contributed by atoms with Crippen molar-refractivity contribution in [1.29, 1.82) is 5.26 Å². The number of nitrogens with two attached hydrogens (primary N) is 1. The summed E-state index contributed by atoms with van der Waals surface area (Å²) in [5.74, 6) is 0.328. The minimum Gasteiger partial charge on any atom is -0.474 e. The molecule has 0 atom stereocenters. The lowest BCUT2D eigenvalue weighted by molar-refractivity contribution is 0.0983. The number of amides is 1. The molecular weight excluding hydrogens is 392 g/mol. The third-order valence-electron chi connectivity index (χ3n) is 5.29. The Hall–Kier alpha value is -3.99. The van der Waals surface area contributed by atoms with Gasteiger partial charge in [0.25, 0.3) is 5.91 Å². The molecule has 1 fully saturated rings. The smallest absolute Gasteiger partial charge is 0.254 e. The van der Waals surface area contributed by atoms with Gasteiger partial charge in [0.1, 0.15) is 11.7 Å². The zero-order chi connectivity index (χ0) is 21.6. The summed E-state index contributed by atoms with van der Waals surface area (Å²) in [6.07, 6.45) is 6.71. The lowest BCUT2D eigenvalue weighted by Gasteiger charge is -2.29. The Morgan fingerprint density at radius 2 is 1.84 bits per heavy atom. The van der Waals surface area contributed by atoms with Crippen LogP contribution in [0, 0.1) is 11.3 Å². The molecule has 1 aromatic carbocycles. The molecule has 1 aliphatic rings. The van der Waals surface area contributed by atoms with Crippen LogP contribution in [0.25, 0.3) is 11.3 Å². The number of ether oxygens (including phenoxy) is 1. The summed E-state index contributed by atoms with van der Waals surface area (Å²) >= 11 is 0. The molecule has 3 N–H and O–H groups in total. The van der Waals surface area contributed by atoms with Crippen molar-refractivity contribution < 1.29 is 9.53 Å². The average Bonchev–Trinajstić information content (AvgIpc) is 2.81. The number of rotatable bonds is 6. The number of benzene rings is 1. The highest BCUT2D eigenvalue weighted by Gasteiger charge is 2.24. The summed E-state index contributed by atoms with van der Waals surface area (Å²) in [7, 11) is 0. The van der Waals surface area contributed by atoms with Crippen LogP contribution in [-0.2, 0) is 0 Å². The summed E-state index contributed by atoms with van der Waals surface area (Å²) in [6.45, 7) is 0. The Morgan fingerprint density at radius 1 is 1.06 bits per heavy atom. The maximum atomic E-state index is 11.5. The van der Waals surface area contributed by atoms with Crippen LogP contribution < -0.4 is 15.8 Å². The summed E-state index contributed by atoms with van der Waals surface area (Å²) < 4.78 is 5.95. The SMILES string of the molecule is N#Cc1ccc(-c2ccnc(N[C@H]3CC[C@H](Oc4ncccc4C(N)=O)CC3)n2)cc1. The second-order valence-electron chi connectivity index (χ2n) is 7.41. The number of nitriles is 1. The van der Waals surface area contributed by atoms with Crippen molar-refractivity contribution in [2.45, 2.75) is 37.8 Å². The lowest BCUT2D eigenvalue weighted by atomic mass is 9.93. The Bertz CT molecular complexity index is 1100. The van der Waals surface area contributed by atoms with Gasteiger partial charge in [0.05, 0.1) is 17.3 Å². The van der Waals surface area contributed by atoms with E-state index in [1.807, 2.05) is 18.2 Å². The van der Waals surface area contributed by atoms with E-state index in [-0.39, 0.29) is 12.1 Å². The van der Waals surface area contributed by atoms with Crippen LogP contribution in [0.2, 0.25) is 0 Å². The molecule has 0 bridgehead atoms. The van der Waals surface area contributed by atoms with E-state index in [1.165, 1.54) is 0 Å². The monoisotopic (exact) mass is 414 g/mol. The van der Waals surface area contributed by atoms with Gasteiger partial charge in [-0.2, -0.15) is 5.26 Å². The van der Waals surface area contributed by atoms with Gasteiger partial charge in [0.2, 0.25) is 11.8 Å². The zero-order valence-corrected chi connectivity index (χ0v) is 16.9. The van der Waals surface area contributed by atoms with Crippen LogP contribution in [0.15, 0.2) is 54.9 Å². The van der Waals surface area contributed by atoms with Crippen molar-refractivity contribution in [3.63, 3.8) is 0 Å². The van der Waals surface area contributed by atoms with Crippen LogP contribution in [-0.4, -0.2) is 33.0 Å². The van der Waals surface area contributed by atoms with E-state index < -0.39 is 5.91 Å². The molecule has 1 saturated carbocycles. The Morgan fingerprint density at radius 3 is 2.55 bits per heavy atom. The molecule has 8 nitrogen and oxygen atoms in total. The van der Waals surface area contributed by atoms with E-state index in [0.717, 1.165) is 36.9 Å². The largest absolute Gasteiger partial charge is 0.474 e. The van der Waals surface area contributed by atoms with E-state index in [0.29, 0.717) is 23.0 Å². The number of carbonyl (C=O) groups is 1. The van der Waals surface area contributed by atoms with E-state index in [9.17, 15) is 4.79 Å². The Balaban J connectivity index is 1.35. The predicted octanol–water partition coefficient (Wildman–Crippen LogP) is 3.31. The predicted molar refractivity (Wildman–Crippen MR) is 115 cm³/mol. The highest BCUT2D eigenvalue weighted by atomic mass is 16.5. The quantitative estimate of drug-likeness (QED) is 0.633. The fourth-order valence-electron chi connectivity index (χ4n) is 3.64. The third-order valence-corrected chi connectivity index (χ3v) is 5.29. The van der Waals surface area contributed by atoms with Gasteiger partial charge < -0.3 is 15.8 Å². The Labute approximate surface area is 180 Å². The molecule has 2 aromatic heterocycles. The number of nitrogens with zero attached hydrogens (tertiary/aromatic N) is 4. The van der Waals surface area contributed by atoms with Crippen LogP contribution in [0.3, 0.4) is 0 Å². The van der Waals surface area contributed by atoms with E-state index >= 15 is 0 Å². The van der Waals surface area contributed by atoms with Gasteiger partial charge in [-0.25, -0.2) is 15.0 Å². The first-order valence-corrected chi connectivity index (χ1v) is 10.1. The van der Waals surface area contributed by atoms with E-state index in [1.54, 1.807) is 36.7 Å². The molecular formula is C23H22N6O2. The fourth-order valence-corrected chi connectivity index (χ4v) is 3.64. The minimum absolute atomic E-state index is 0.0167. The third kappa shape index (κ3) is 4.95. The number of hydrogen-bond acceptors (Lipinski definition) is 7. The van der Waals surface area contributed by atoms with Crippen LogP contribution in [0.1, 0.15) is 41.6 Å². The van der Waals surface area contributed by atoms with Gasteiger partial charge >= 0.3 is 0 Å². The van der Waals surface area contributed by atoms with Gasteiger partial charge in [-0.15, -0.1) is 0 Å². The molecule has 0 saturated heterocycles. The summed E-state index contributed by atoms with van der Waals surface area (Å²) in [6, 6.07) is 14.8. The van der Waals surface area contributed by atoms with Crippen LogP contribution in [0.4, 0.5) is 5.95 Å². The lowest BCUT2D eigenvalue weighted by Crippen LogP contribution is -2.32. The number of aromatic nitrogens is 3. The first-order chi connectivity index (χ1) is 15.1. The summed E-state index contributed by atoms with van der Waals surface area (Å²) in [5, 5.41) is 12.4. The van der Waals surface area contributed by atoms with Crippen molar-refractivity contribution >= 4 is 11.9 Å². The van der Waals surface area contributed by atoms with Crippen molar-refractivity contribution in [1.82, 2.24) is 15.0 Å². The number of primary amides is 1. The number of nitrogens with one attached hydrogen (secondary N) is 1. The first kappa shape index (κ1) is 20.3. The molecule has 1 aliphatic carbocycles. The van der Waals surface area contributed by atoms with E-state index in [4.69, 9.17) is 15.7 Å². The van der Waals surface area contributed by atoms with E-state index in [2.05, 4.69) is 26.3 Å². The first-order valence-electron chi connectivity index (χ1n) is 10.1. The number of hydrogen-bond donors (Lipinski definition) is 2. The molecule has 1 amide bonds. The minimum atomic E-state index is -0.544. The molecule has 156 valence electrons. The molecule has 3 aromatic rings. The number of carbonyl (C=O) groups excluding carboxylic acids is 1. The molecule has 0 radical (unpaired) electrons. The number of anilines is 1. The molecule has 8 heteroatoms. The molecule has 0 aliphatic heterocycles. The summed E-state index contributed by atoms with van der Waals surface area (Å²) in [5.41, 5.74) is 8.05. The second-order valence-corrected chi connectivity index (χ2v) is 7.41. The van der Waals surface area contributed by atoms with Gasteiger partial charge in [-0.1, -0.05) is 12.1 Å². The van der Waals surface area contributed by atoms with Gasteiger partial charge in [0, 0.05) is 24.0 Å². The summed E-state index contributed by atoms with van der Waals surface area (Å²) in [4.78, 5) is 24.7. The van der Waals surface area contributed by atoms with Crippen molar-refractivity contribution in [2.24, 2.45) is 5.73 Å². The topological polar surface area (TPSA) is 127 Å². The second kappa shape index (κ2) is 9.22. The molecule has 2 heterocycles.